The van der Waals surface area contributed by atoms with Gasteiger partial charge in [0.15, 0.2) is 0 Å². The van der Waals surface area contributed by atoms with Crippen LogP contribution in [0.15, 0.2) is 48.5 Å². The SMILES string of the molecule is COC(=O)C(NC(=O)OCc1ccccc1)C(C)CN1C(=O)CCC(N2Cc3c(CNC(=O)OC(C)(C)C)cccc3C2=O)C1=O. The maximum atomic E-state index is 13.7. The number of nitrogens with zero attached hydrogens (tertiary/aromatic N) is 2. The summed E-state index contributed by atoms with van der Waals surface area (Å²) in [6, 6.07) is 12.0. The molecule has 13 heteroatoms. The van der Waals surface area contributed by atoms with Gasteiger partial charge in [-0.15, -0.1) is 0 Å². The molecule has 1 fully saturated rings. The van der Waals surface area contributed by atoms with E-state index in [1.165, 1.54) is 12.0 Å². The van der Waals surface area contributed by atoms with Gasteiger partial charge >= 0.3 is 18.2 Å². The van der Waals surface area contributed by atoms with Crippen molar-refractivity contribution in [3.8, 4) is 0 Å². The van der Waals surface area contributed by atoms with E-state index in [0.717, 1.165) is 10.5 Å². The Bertz CT molecular complexity index is 1490. The number of alkyl carbamates (subject to hydrolysis) is 2. The molecule has 5 amide bonds. The molecule has 2 N–H and O–H groups in total. The van der Waals surface area contributed by atoms with Gasteiger partial charge in [0.1, 0.15) is 24.3 Å². The topological polar surface area (TPSA) is 161 Å². The second-order valence-corrected chi connectivity index (χ2v) is 12.3. The van der Waals surface area contributed by atoms with E-state index in [2.05, 4.69) is 10.6 Å². The van der Waals surface area contributed by atoms with Crippen LogP contribution in [0.1, 0.15) is 67.6 Å². The zero-order chi connectivity index (χ0) is 33.6. The molecule has 0 spiro atoms. The van der Waals surface area contributed by atoms with Crippen LogP contribution >= 0.6 is 0 Å². The van der Waals surface area contributed by atoms with Crippen molar-refractivity contribution in [2.24, 2.45) is 5.92 Å². The molecule has 2 aliphatic heterocycles. The minimum atomic E-state index is -1.22. The summed E-state index contributed by atoms with van der Waals surface area (Å²) in [6.45, 7) is 6.89. The van der Waals surface area contributed by atoms with Crippen molar-refractivity contribution in [3.63, 3.8) is 0 Å². The number of rotatable bonds is 10. The maximum absolute atomic E-state index is 13.7. The van der Waals surface area contributed by atoms with E-state index < -0.39 is 53.6 Å². The molecule has 3 unspecified atom stereocenters. The summed E-state index contributed by atoms with van der Waals surface area (Å²) in [4.78, 5) is 80.1. The second-order valence-electron chi connectivity index (χ2n) is 12.3. The number of likely N-dealkylation sites (tertiary alicyclic amines) is 1. The van der Waals surface area contributed by atoms with Gasteiger partial charge in [0, 0.05) is 37.5 Å². The molecular weight excluding hydrogens is 596 g/mol. The normalized spacial score (nSPS) is 17.6. The van der Waals surface area contributed by atoms with Gasteiger partial charge in [-0.2, -0.15) is 0 Å². The van der Waals surface area contributed by atoms with Crippen molar-refractivity contribution in [1.29, 1.82) is 0 Å². The molecule has 13 nitrogen and oxygen atoms in total. The third-order valence-corrected chi connectivity index (χ3v) is 7.76. The largest absolute Gasteiger partial charge is 0.467 e. The number of amides is 5. The Balaban J connectivity index is 1.42. The van der Waals surface area contributed by atoms with Crippen molar-refractivity contribution in [2.75, 3.05) is 13.7 Å². The van der Waals surface area contributed by atoms with Gasteiger partial charge in [-0.25, -0.2) is 14.4 Å². The number of benzene rings is 2. The molecule has 3 atom stereocenters. The molecule has 0 bridgehead atoms. The summed E-state index contributed by atoms with van der Waals surface area (Å²) in [6.07, 6.45) is -1.32. The second kappa shape index (κ2) is 14.4. The van der Waals surface area contributed by atoms with Crippen LogP contribution in [-0.4, -0.2) is 77.0 Å². The van der Waals surface area contributed by atoms with Crippen molar-refractivity contribution in [1.82, 2.24) is 20.4 Å². The van der Waals surface area contributed by atoms with Crippen molar-refractivity contribution < 1.29 is 43.0 Å². The molecule has 2 heterocycles. The lowest BCUT2D eigenvalue weighted by Crippen LogP contribution is -2.57. The van der Waals surface area contributed by atoms with Crippen LogP contribution < -0.4 is 10.6 Å². The average molecular weight is 637 g/mol. The van der Waals surface area contributed by atoms with E-state index in [9.17, 15) is 28.8 Å². The molecule has 246 valence electrons. The monoisotopic (exact) mass is 636 g/mol. The van der Waals surface area contributed by atoms with Gasteiger partial charge < -0.3 is 29.7 Å². The Morgan fingerprint density at radius 2 is 1.72 bits per heavy atom. The molecule has 1 saturated heterocycles. The Morgan fingerprint density at radius 3 is 2.39 bits per heavy atom. The van der Waals surface area contributed by atoms with E-state index in [1.54, 1.807) is 70.2 Å². The van der Waals surface area contributed by atoms with Crippen LogP contribution in [0.3, 0.4) is 0 Å². The lowest BCUT2D eigenvalue weighted by Gasteiger charge is -2.37. The maximum Gasteiger partial charge on any atom is 0.408 e. The number of methoxy groups -OCH3 is 1. The van der Waals surface area contributed by atoms with Gasteiger partial charge in [-0.05, 0) is 49.9 Å². The van der Waals surface area contributed by atoms with E-state index in [0.29, 0.717) is 16.7 Å². The molecule has 46 heavy (non-hydrogen) atoms. The van der Waals surface area contributed by atoms with Gasteiger partial charge in [0.05, 0.1) is 7.11 Å². The first-order valence-electron chi connectivity index (χ1n) is 15.1. The number of hydrogen-bond acceptors (Lipinski definition) is 9. The highest BCUT2D eigenvalue weighted by Crippen LogP contribution is 2.31. The van der Waals surface area contributed by atoms with Crippen LogP contribution in [0.5, 0.6) is 0 Å². The number of esters is 1. The van der Waals surface area contributed by atoms with Crippen LogP contribution in [-0.2, 0) is 48.3 Å². The summed E-state index contributed by atoms with van der Waals surface area (Å²) in [5.74, 6) is -2.90. The summed E-state index contributed by atoms with van der Waals surface area (Å²) in [7, 11) is 1.17. The first-order chi connectivity index (χ1) is 21.8. The standard InChI is InChI=1S/C33H40N4O9/c1-20(27(30(41)44-5)35-32(43)45-19-21-10-7-6-8-11-21)17-37-26(38)15-14-25(29(37)40)36-18-24-22(12-9-13-23(24)28(36)39)16-34-31(42)46-33(2,3)4/h6-13,20,25,27H,14-19H2,1-5H3,(H,34,42)(H,35,43). The molecule has 4 rings (SSSR count). The number of piperidine rings is 1. The first-order valence-corrected chi connectivity index (χ1v) is 15.1. The van der Waals surface area contributed by atoms with E-state index in [-0.39, 0.29) is 45.0 Å². The third-order valence-electron chi connectivity index (χ3n) is 7.76. The van der Waals surface area contributed by atoms with E-state index >= 15 is 0 Å². The number of hydrogen-bond donors (Lipinski definition) is 2. The number of carbonyl (C=O) groups is 6. The summed E-state index contributed by atoms with van der Waals surface area (Å²) in [5, 5.41) is 5.20. The molecular formula is C33H40N4O9. The van der Waals surface area contributed by atoms with Crippen LogP contribution in [0, 0.1) is 5.92 Å². The minimum absolute atomic E-state index is 0.00570. The Labute approximate surface area is 267 Å². The predicted octanol–water partition coefficient (Wildman–Crippen LogP) is 3.29. The van der Waals surface area contributed by atoms with E-state index in [4.69, 9.17) is 14.2 Å². The molecule has 0 aromatic heterocycles. The number of nitrogens with one attached hydrogen (secondary N) is 2. The van der Waals surface area contributed by atoms with E-state index in [1.807, 2.05) is 6.07 Å². The fraction of sp³-hybridized carbons (Fsp3) is 0.455. The fourth-order valence-electron chi connectivity index (χ4n) is 5.47. The number of imide groups is 1. The molecule has 0 saturated carbocycles. The summed E-state index contributed by atoms with van der Waals surface area (Å²) < 4.78 is 15.4. The highest BCUT2D eigenvalue weighted by atomic mass is 16.6. The molecule has 2 aromatic rings. The quantitative estimate of drug-likeness (QED) is 0.227. The zero-order valence-electron chi connectivity index (χ0n) is 26.7. The molecule has 0 radical (unpaired) electrons. The van der Waals surface area contributed by atoms with Crippen molar-refractivity contribution in [2.45, 2.75) is 77.9 Å². The first kappa shape index (κ1) is 33.9. The van der Waals surface area contributed by atoms with Gasteiger partial charge in [0.25, 0.3) is 11.8 Å². The van der Waals surface area contributed by atoms with Gasteiger partial charge in [-0.3, -0.25) is 19.3 Å². The smallest absolute Gasteiger partial charge is 0.408 e. The predicted molar refractivity (Wildman–Crippen MR) is 164 cm³/mol. The minimum Gasteiger partial charge on any atom is -0.467 e. The number of carbonyl (C=O) groups excluding carboxylic acids is 6. The van der Waals surface area contributed by atoms with Crippen molar-refractivity contribution >= 4 is 35.9 Å². The zero-order valence-corrected chi connectivity index (χ0v) is 26.7. The lowest BCUT2D eigenvalue weighted by molar-refractivity contribution is -0.155. The molecule has 2 aromatic carbocycles. The average Bonchev–Trinajstić information content (AvgIpc) is 3.35. The van der Waals surface area contributed by atoms with Crippen LogP contribution in [0.4, 0.5) is 9.59 Å². The highest BCUT2D eigenvalue weighted by molar-refractivity contribution is 6.05. The number of ether oxygens (including phenoxy) is 3. The Kier molecular flexibility index (Phi) is 10.7. The Hall–Kier alpha value is -4.94. The summed E-state index contributed by atoms with van der Waals surface area (Å²) >= 11 is 0. The van der Waals surface area contributed by atoms with Gasteiger partial charge in [0.2, 0.25) is 5.91 Å². The number of fused-ring (bicyclic) bond motifs is 1. The Morgan fingerprint density at radius 1 is 1.00 bits per heavy atom. The van der Waals surface area contributed by atoms with Crippen molar-refractivity contribution in [3.05, 3.63) is 70.8 Å². The fourth-order valence-corrected chi connectivity index (χ4v) is 5.47. The third kappa shape index (κ3) is 8.20. The lowest BCUT2D eigenvalue weighted by atomic mass is 9.97. The highest BCUT2D eigenvalue weighted by Gasteiger charge is 2.44. The summed E-state index contributed by atoms with van der Waals surface area (Å²) in [5.41, 5.74) is 1.88. The molecule has 0 aliphatic carbocycles. The van der Waals surface area contributed by atoms with Crippen LogP contribution in [0.25, 0.3) is 0 Å². The van der Waals surface area contributed by atoms with Gasteiger partial charge in [-0.1, -0.05) is 49.4 Å². The van der Waals surface area contributed by atoms with Crippen LogP contribution in [0.2, 0.25) is 0 Å². The molecule has 2 aliphatic rings.